The number of rotatable bonds is 13. The smallest absolute Gasteiger partial charge is 0.191 e. The summed E-state index contributed by atoms with van der Waals surface area (Å²) in [7, 11) is 6.13. The molecule has 2 N–H and O–H groups in total. The van der Waals surface area contributed by atoms with Crippen LogP contribution in [0.4, 0.5) is 0 Å². The van der Waals surface area contributed by atoms with Crippen molar-refractivity contribution in [1.29, 1.82) is 0 Å². The fourth-order valence-corrected chi connectivity index (χ4v) is 2.93. The van der Waals surface area contributed by atoms with E-state index < -0.39 is 0 Å². The first kappa shape index (κ1) is 27.1. The van der Waals surface area contributed by atoms with Gasteiger partial charge in [0.1, 0.15) is 0 Å². The van der Waals surface area contributed by atoms with Crippen molar-refractivity contribution in [1.82, 2.24) is 20.4 Å². The van der Waals surface area contributed by atoms with Gasteiger partial charge in [0.25, 0.3) is 0 Å². The molecule has 0 radical (unpaired) electrons. The van der Waals surface area contributed by atoms with Gasteiger partial charge in [-0.05, 0) is 61.2 Å². The van der Waals surface area contributed by atoms with E-state index in [1.54, 1.807) is 0 Å². The van der Waals surface area contributed by atoms with Gasteiger partial charge in [-0.1, -0.05) is 19.3 Å². The highest BCUT2D eigenvalue weighted by Crippen LogP contribution is 2.04. The summed E-state index contributed by atoms with van der Waals surface area (Å²) in [6, 6.07) is 1.16. The van der Waals surface area contributed by atoms with Crippen LogP contribution in [0.1, 0.15) is 59.8 Å². The molecule has 0 atom stereocenters. The molecule has 0 aromatic carbocycles. The van der Waals surface area contributed by atoms with E-state index in [-0.39, 0.29) is 24.0 Å². The molecule has 0 rings (SSSR count). The molecule has 0 unspecified atom stereocenters. The van der Waals surface area contributed by atoms with Crippen LogP contribution in [-0.4, -0.2) is 75.2 Å². The Balaban J connectivity index is 0. The summed E-state index contributed by atoms with van der Waals surface area (Å²) in [6.45, 7) is 13.2. The lowest BCUT2D eigenvalue weighted by Crippen LogP contribution is -2.45. The zero-order chi connectivity index (χ0) is 18.4. The first-order valence-corrected chi connectivity index (χ1v) is 9.73. The summed E-state index contributed by atoms with van der Waals surface area (Å²) in [4.78, 5) is 9.07. The second kappa shape index (κ2) is 17.3. The molecular formula is C19H44IN5. The molecule has 0 aromatic rings. The van der Waals surface area contributed by atoms with Crippen molar-refractivity contribution >= 4 is 29.9 Å². The Bertz CT molecular complexity index is 311. The Morgan fingerprint density at radius 1 is 0.800 bits per heavy atom. The van der Waals surface area contributed by atoms with E-state index in [0.717, 1.165) is 25.6 Å². The summed E-state index contributed by atoms with van der Waals surface area (Å²) in [6.07, 6.45) is 6.50. The van der Waals surface area contributed by atoms with E-state index in [9.17, 15) is 0 Å². The molecule has 152 valence electrons. The topological polar surface area (TPSA) is 42.9 Å². The van der Waals surface area contributed by atoms with E-state index in [2.05, 4.69) is 67.2 Å². The van der Waals surface area contributed by atoms with Crippen molar-refractivity contribution in [3.8, 4) is 0 Å². The molecule has 0 bridgehead atoms. The molecule has 0 amide bonds. The number of aliphatic imine (C=N–C) groups is 1. The zero-order valence-electron chi connectivity index (χ0n) is 17.8. The molecule has 0 saturated heterocycles. The normalized spacial score (nSPS) is 12.2. The maximum absolute atomic E-state index is 4.31. The molecule has 0 heterocycles. The van der Waals surface area contributed by atoms with Crippen molar-refractivity contribution in [2.75, 3.05) is 47.3 Å². The monoisotopic (exact) mass is 469 g/mol. The van der Waals surface area contributed by atoms with Gasteiger partial charge >= 0.3 is 0 Å². The highest BCUT2D eigenvalue weighted by molar-refractivity contribution is 14.0. The Morgan fingerprint density at radius 2 is 1.32 bits per heavy atom. The molecular weight excluding hydrogens is 425 g/mol. The van der Waals surface area contributed by atoms with Crippen LogP contribution in [-0.2, 0) is 0 Å². The third kappa shape index (κ3) is 15.9. The Kier molecular flexibility index (Phi) is 18.8. The van der Waals surface area contributed by atoms with Crippen LogP contribution in [0.15, 0.2) is 4.99 Å². The van der Waals surface area contributed by atoms with E-state index >= 15 is 0 Å². The lowest BCUT2D eigenvalue weighted by Gasteiger charge is -2.30. The Morgan fingerprint density at radius 3 is 1.84 bits per heavy atom. The van der Waals surface area contributed by atoms with Crippen LogP contribution in [0.2, 0.25) is 0 Å². The minimum atomic E-state index is 0. The largest absolute Gasteiger partial charge is 0.356 e. The maximum atomic E-state index is 4.31. The van der Waals surface area contributed by atoms with E-state index in [1.165, 1.54) is 38.6 Å². The van der Waals surface area contributed by atoms with Crippen molar-refractivity contribution in [3.63, 3.8) is 0 Å². The van der Waals surface area contributed by atoms with Crippen molar-refractivity contribution in [2.24, 2.45) is 4.99 Å². The Labute approximate surface area is 174 Å². The minimum absolute atomic E-state index is 0. The number of unbranched alkanes of at least 4 members (excludes halogenated alkanes) is 4. The molecule has 0 saturated carbocycles. The van der Waals surface area contributed by atoms with Gasteiger partial charge in [-0.25, -0.2) is 0 Å². The average molecular weight is 470 g/mol. The van der Waals surface area contributed by atoms with Crippen molar-refractivity contribution in [2.45, 2.75) is 71.9 Å². The van der Waals surface area contributed by atoms with Crippen LogP contribution in [0.5, 0.6) is 0 Å². The van der Waals surface area contributed by atoms with Crippen LogP contribution >= 0.6 is 24.0 Å². The molecule has 6 heteroatoms. The number of halogens is 1. The summed E-state index contributed by atoms with van der Waals surface area (Å²) in [5.74, 6) is 0.926. The van der Waals surface area contributed by atoms with Gasteiger partial charge in [0.15, 0.2) is 5.96 Å². The first-order valence-electron chi connectivity index (χ1n) is 9.73. The summed E-state index contributed by atoms with van der Waals surface area (Å²) in [5.41, 5.74) is 0. The van der Waals surface area contributed by atoms with E-state index in [1.807, 2.05) is 7.05 Å². The molecule has 0 aliphatic heterocycles. The van der Waals surface area contributed by atoms with Gasteiger partial charge in [0.05, 0.1) is 0 Å². The van der Waals surface area contributed by atoms with Crippen LogP contribution < -0.4 is 10.6 Å². The SMILES string of the molecule is CN=C(NCCCCCCCN(C)C)NCCN(C(C)C)C(C)C.I. The number of hydrogen-bond donors (Lipinski definition) is 2. The zero-order valence-corrected chi connectivity index (χ0v) is 20.1. The molecule has 25 heavy (non-hydrogen) atoms. The summed E-state index contributed by atoms with van der Waals surface area (Å²) >= 11 is 0. The Hall–Kier alpha value is -0.0800. The average Bonchev–Trinajstić information content (AvgIpc) is 2.50. The minimum Gasteiger partial charge on any atom is -0.356 e. The second-order valence-electron chi connectivity index (χ2n) is 7.42. The number of hydrogen-bond acceptors (Lipinski definition) is 3. The number of guanidine groups is 1. The molecule has 0 spiro atoms. The summed E-state index contributed by atoms with van der Waals surface area (Å²) < 4.78 is 0. The molecule has 0 aromatic heterocycles. The fraction of sp³-hybridized carbons (Fsp3) is 0.947. The predicted octanol–water partition coefficient (Wildman–Crippen LogP) is 3.40. The standard InChI is InChI=1S/C19H43N5.HI/c1-17(2)24(18(3)4)16-14-22-19(20-5)21-13-11-9-8-10-12-15-23(6)7;/h17-18H,8-16H2,1-7H3,(H2,20,21,22);1H. The van der Waals surface area contributed by atoms with Crippen LogP contribution in [0.25, 0.3) is 0 Å². The van der Waals surface area contributed by atoms with Crippen molar-refractivity contribution in [3.05, 3.63) is 0 Å². The third-order valence-electron chi connectivity index (χ3n) is 4.29. The van der Waals surface area contributed by atoms with Gasteiger partial charge in [-0.3, -0.25) is 9.89 Å². The molecule has 0 aliphatic carbocycles. The van der Waals surface area contributed by atoms with Gasteiger partial charge in [0.2, 0.25) is 0 Å². The molecule has 0 aliphatic rings. The predicted molar refractivity (Wildman–Crippen MR) is 123 cm³/mol. The lowest BCUT2D eigenvalue weighted by molar-refractivity contribution is 0.178. The van der Waals surface area contributed by atoms with Crippen LogP contribution in [0.3, 0.4) is 0 Å². The second-order valence-corrected chi connectivity index (χ2v) is 7.42. The van der Waals surface area contributed by atoms with Crippen molar-refractivity contribution < 1.29 is 0 Å². The number of nitrogens with one attached hydrogen (secondary N) is 2. The summed E-state index contributed by atoms with van der Waals surface area (Å²) in [5, 5.41) is 6.85. The fourth-order valence-electron chi connectivity index (χ4n) is 2.93. The lowest BCUT2D eigenvalue weighted by atomic mass is 10.1. The van der Waals surface area contributed by atoms with Crippen LogP contribution in [0, 0.1) is 0 Å². The highest BCUT2D eigenvalue weighted by Gasteiger charge is 2.12. The van der Waals surface area contributed by atoms with Gasteiger partial charge in [-0.15, -0.1) is 24.0 Å². The molecule has 5 nitrogen and oxygen atoms in total. The van der Waals surface area contributed by atoms with E-state index in [0.29, 0.717) is 12.1 Å². The van der Waals surface area contributed by atoms with Gasteiger partial charge in [0, 0.05) is 38.8 Å². The number of nitrogens with zero attached hydrogens (tertiary/aromatic N) is 3. The maximum Gasteiger partial charge on any atom is 0.191 e. The van der Waals surface area contributed by atoms with Gasteiger partial charge in [-0.2, -0.15) is 0 Å². The highest BCUT2D eigenvalue weighted by atomic mass is 127. The molecule has 0 fully saturated rings. The third-order valence-corrected chi connectivity index (χ3v) is 4.29. The quantitative estimate of drug-likeness (QED) is 0.188. The first-order chi connectivity index (χ1) is 11.4. The van der Waals surface area contributed by atoms with Gasteiger partial charge < -0.3 is 15.5 Å². The van der Waals surface area contributed by atoms with E-state index in [4.69, 9.17) is 0 Å².